The molecule has 3 heteroatoms. The van der Waals surface area contributed by atoms with Crippen LogP contribution in [0.5, 0.6) is 0 Å². The van der Waals surface area contributed by atoms with E-state index in [9.17, 15) is 0 Å². The van der Waals surface area contributed by atoms with Crippen LogP contribution >= 0.6 is 0 Å². The van der Waals surface area contributed by atoms with Gasteiger partial charge in [-0.25, -0.2) is 4.98 Å². The first kappa shape index (κ1) is 9.84. The third kappa shape index (κ3) is 2.93. The van der Waals surface area contributed by atoms with Gasteiger partial charge in [0, 0.05) is 24.5 Å². The maximum Gasteiger partial charge on any atom is 0.203 e. The molecule has 0 aliphatic heterocycles. The van der Waals surface area contributed by atoms with Crippen LogP contribution in [0, 0.1) is 0 Å². The Balaban J connectivity index is 2.76. The molecule has 1 heterocycles. The van der Waals surface area contributed by atoms with Crippen molar-refractivity contribution in [1.29, 1.82) is 0 Å². The van der Waals surface area contributed by atoms with Gasteiger partial charge in [0.1, 0.15) is 0 Å². The number of hydrogen-bond acceptors (Lipinski definition) is 2. The molecule has 1 N–H and O–H groups in total. The molecule has 13 heavy (non-hydrogen) atoms. The van der Waals surface area contributed by atoms with Crippen molar-refractivity contribution in [2.75, 3.05) is 5.32 Å². The molecule has 0 saturated heterocycles. The molecule has 1 rings (SSSR count). The number of anilines is 1. The van der Waals surface area contributed by atoms with Gasteiger partial charge in [0.15, 0.2) is 0 Å². The molecule has 72 valence electrons. The molecule has 0 fully saturated rings. The Hall–Kier alpha value is -1.25. The van der Waals surface area contributed by atoms with E-state index in [-0.39, 0.29) is 5.54 Å². The van der Waals surface area contributed by atoms with E-state index in [1.165, 1.54) is 0 Å². The van der Waals surface area contributed by atoms with Crippen molar-refractivity contribution in [1.82, 2.24) is 9.55 Å². The van der Waals surface area contributed by atoms with E-state index >= 15 is 0 Å². The SMILES string of the molecule is C=CCn1ccnc1NC(C)(C)C. The summed E-state index contributed by atoms with van der Waals surface area (Å²) in [6.07, 6.45) is 5.59. The summed E-state index contributed by atoms with van der Waals surface area (Å²) in [5.74, 6) is 0.896. The van der Waals surface area contributed by atoms with E-state index in [4.69, 9.17) is 0 Å². The lowest BCUT2D eigenvalue weighted by Crippen LogP contribution is -2.28. The molecule has 0 atom stereocenters. The van der Waals surface area contributed by atoms with Gasteiger partial charge in [-0.05, 0) is 20.8 Å². The fourth-order valence-corrected chi connectivity index (χ4v) is 1.06. The van der Waals surface area contributed by atoms with Crippen LogP contribution in [-0.4, -0.2) is 15.1 Å². The van der Waals surface area contributed by atoms with Crippen LogP contribution in [-0.2, 0) is 6.54 Å². The molecule has 0 aromatic carbocycles. The first-order chi connectivity index (χ1) is 6.03. The van der Waals surface area contributed by atoms with Crippen molar-refractivity contribution in [2.24, 2.45) is 0 Å². The lowest BCUT2D eigenvalue weighted by atomic mass is 10.1. The Morgan fingerprint density at radius 1 is 1.62 bits per heavy atom. The van der Waals surface area contributed by atoms with Crippen molar-refractivity contribution in [3.05, 3.63) is 25.0 Å². The molecule has 3 nitrogen and oxygen atoms in total. The second kappa shape index (κ2) is 3.64. The summed E-state index contributed by atoms with van der Waals surface area (Å²) < 4.78 is 2.03. The summed E-state index contributed by atoms with van der Waals surface area (Å²) >= 11 is 0. The number of aromatic nitrogens is 2. The highest BCUT2D eigenvalue weighted by Crippen LogP contribution is 2.12. The van der Waals surface area contributed by atoms with Crippen LogP contribution < -0.4 is 5.32 Å². The average Bonchev–Trinajstić information content (AvgIpc) is 2.34. The summed E-state index contributed by atoms with van der Waals surface area (Å²) in [5, 5.41) is 3.32. The molecule has 1 aromatic heterocycles. The third-order valence-corrected chi connectivity index (χ3v) is 1.53. The van der Waals surface area contributed by atoms with Crippen molar-refractivity contribution in [3.63, 3.8) is 0 Å². The highest BCUT2D eigenvalue weighted by Gasteiger charge is 2.12. The first-order valence-electron chi connectivity index (χ1n) is 4.43. The van der Waals surface area contributed by atoms with Gasteiger partial charge in [0.2, 0.25) is 5.95 Å². The molecule has 0 spiro atoms. The van der Waals surface area contributed by atoms with E-state index in [2.05, 4.69) is 37.7 Å². The molecule has 0 aliphatic carbocycles. The number of rotatable bonds is 3. The quantitative estimate of drug-likeness (QED) is 0.721. The van der Waals surface area contributed by atoms with Crippen molar-refractivity contribution in [3.8, 4) is 0 Å². The Kier molecular flexibility index (Phi) is 2.76. The fraction of sp³-hybridized carbons (Fsp3) is 0.500. The Morgan fingerprint density at radius 3 is 2.85 bits per heavy atom. The van der Waals surface area contributed by atoms with Crippen molar-refractivity contribution < 1.29 is 0 Å². The standard InChI is InChI=1S/C10H17N3/c1-5-7-13-8-6-11-9(13)12-10(2,3)4/h5-6,8H,1,7H2,2-4H3,(H,11,12). The van der Waals surface area contributed by atoms with Crippen LogP contribution in [0.15, 0.2) is 25.0 Å². The van der Waals surface area contributed by atoms with E-state index < -0.39 is 0 Å². The number of allylic oxidation sites excluding steroid dienone is 1. The Bertz CT molecular complexity index is 281. The highest BCUT2D eigenvalue weighted by atomic mass is 15.2. The van der Waals surface area contributed by atoms with Gasteiger partial charge < -0.3 is 9.88 Å². The predicted molar refractivity (Wildman–Crippen MR) is 55.8 cm³/mol. The average molecular weight is 179 g/mol. The summed E-state index contributed by atoms with van der Waals surface area (Å²) in [5.41, 5.74) is 0.0459. The number of hydrogen-bond donors (Lipinski definition) is 1. The molecule has 0 aliphatic rings. The minimum Gasteiger partial charge on any atom is -0.351 e. The summed E-state index contributed by atoms with van der Waals surface area (Å²) in [6.45, 7) is 10.8. The lowest BCUT2D eigenvalue weighted by molar-refractivity contribution is 0.616. The smallest absolute Gasteiger partial charge is 0.203 e. The first-order valence-corrected chi connectivity index (χ1v) is 4.43. The van der Waals surface area contributed by atoms with Gasteiger partial charge in [0.25, 0.3) is 0 Å². The topological polar surface area (TPSA) is 29.9 Å². The Labute approximate surface area is 79.5 Å². The lowest BCUT2D eigenvalue weighted by Gasteiger charge is -2.21. The minimum atomic E-state index is 0.0459. The van der Waals surface area contributed by atoms with Gasteiger partial charge in [0.05, 0.1) is 0 Å². The summed E-state index contributed by atoms with van der Waals surface area (Å²) in [4.78, 5) is 4.22. The van der Waals surface area contributed by atoms with E-state index in [0.29, 0.717) is 0 Å². The molecule has 1 aromatic rings. The number of nitrogens with zero attached hydrogens (tertiary/aromatic N) is 2. The maximum absolute atomic E-state index is 4.22. The van der Waals surface area contributed by atoms with Gasteiger partial charge in [-0.3, -0.25) is 0 Å². The van der Waals surface area contributed by atoms with E-state index in [0.717, 1.165) is 12.5 Å². The van der Waals surface area contributed by atoms with Crippen LogP contribution in [0.25, 0.3) is 0 Å². The van der Waals surface area contributed by atoms with Crippen molar-refractivity contribution in [2.45, 2.75) is 32.9 Å². The van der Waals surface area contributed by atoms with Crippen molar-refractivity contribution >= 4 is 5.95 Å². The fourth-order valence-electron chi connectivity index (χ4n) is 1.06. The Morgan fingerprint density at radius 2 is 2.31 bits per heavy atom. The zero-order valence-electron chi connectivity index (χ0n) is 8.54. The monoisotopic (exact) mass is 179 g/mol. The third-order valence-electron chi connectivity index (χ3n) is 1.53. The number of imidazole rings is 1. The summed E-state index contributed by atoms with van der Waals surface area (Å²) in [7, 11) is 0. The van der Waals surface area contributed by atoms with Gasteiger partial charge >= 0.3 is 0 Å². The van der Waals surface area contributed by atoms with Gasteiger partial charge in [-0.15, -0.1) is 6.58 Å². The minimum absolute atomic E-state index is 0.0459. The van der Waals surface area contributed by atoms with Gasteiger partial charge in [-0.2, -0.15) is 0 Å². The number of nitrogens with one attached hydrogen (secondary N) is 1. The normalized spacial score (nSPS) is 11.3. The largest absolute Gasteiger partial charge is 0.351 e. The van der Waals surface area contributed by atoms with E-state index in [1.54, 1.807) is 6.20 Å². The summed E-state index contributed by atoms with van der Waals surface area (Å²) in [6, 6.07) is 0. The maximum atomic E-state index is 4.22. The van der Waals surface area contributed by atoms with Crippen LogP contribution in [0.3, 0.4) is 0 Å². The molecule has 0 saturated carbocycles. The zero-order valence-corrected chi connectivity index (χ0v) is 8.54. The van der Waals surface area contributed by atoms with E-state index in [1.807, 2.05) is 16.8 Å². The molecule has 0 unspecified atom stereocenters. The van der Waals surface area contributed by atoms with Crippen LogP contribution in [0.4, 0.5) is 5.95 Å². The zero-order chi connectivity index (χ0) is 9.90. The molecule has 0 bridgehead atoms. The highest BCUT2D eigenvalue weighted by molar-refractivity contribution is 5.29. The van der Waals surface area contributed by atoms with Gasteiger partial charge in [-0.1, -0.05) is 6.08 Å². The van der Waals surface area contributed by atoms with Crippen LogP contribution in [0.2, 0.25) is 0 Å². The second-order valence-electron chi connectivity index (χ2n) is 4.07. The molecule has 0 radical (unpaired) electrons. The molecular weight excluding hydrogens is 162 g/mol. The second-order valence-corrected chi connectivity index (χ2v) is 4.07. The predicted octanol–water partition coefficient (Wildman–Crippen LogP) is 2.28. The molecule has 0 amide bonds. The van der Waals surface area contributed by atoms with Crippen LogP contribution in [0.1, 0.15) is 20.8 Å². The molecular formula is C10H17N3.